The number of fused-ring (bicyclic) bond motifs is 1. The van der Waals surface area contributed by atoms with E-state index in [0.29, 0.717) is 18.7 Å². The number of hydrogen-bond acceptors (Lipinski definition) is 4. The van der Waals surface area contributed by atoms with Gasteiger partial charge < -0.3 is 9.64 Å². The van der Waals surface area contributed by atoms with Gasteiger partial charge in [0.15, 0.2) is 0 Å². The van der Waals surface area contributed by atoms with Crippen LogP contribution in [0.1, 0.15) is 36.2 Å². The van der Waals surface area contributed by atoms with Gasteiger partial charge in [-0.25, -0.2) is 13.1 Å². The Hall–Kier alpha value is -1.60. The van der Waals surface area contributed by atoms with Gasteiger partial charge in [-0.15, -0.1) is 0 Å². The number of benzene rings is 1. The van der Waals surface area contributed by atoms with Crippen molar-refractivity contribution in [3.05, 3.63) is 29.3 Å². The second-order valence-corrected chi connectivity index (χ2v) is 9.17. The molecule has 25 heavy (non-hydrogen) atoms. The number of ether oxygens (including phenoxy) is 1. The number of nitrogens with zero attached hydrogens (tertiary/aromatic N) is 1. The Labute approximate surface area is 149 Å². The van der Waals surface area contributed by atoms with Crippen LogP contribution in [0, 0.1) is 11.8 Å². The first-order valence-corrected chi connectivity index (χ1v) is 10.7. The first kappa shape index (κ1) is 18.2. The maximum Gasteiger partial charge on any atom is 0.253 e. The third kappa shape index (κ3) is 4.15. The predicted molar refractivity (Wildman–Crippen MR) is 96.3 cm³/mol. The molecule has 6 nitrogen and oxygen atoms in total. The molecular weight excluding hydrogens is 340 g/mol. The van der Waals surface area contributed by atoms with Crippen molar-refractivity contribution in [3.8, 4) is 5.75 Å². The number of likely N-dealkylation sites (tertiary alicyclic amines) is 1. The Morgan fingerprint density at radius 3 is 2.76 bits per heavy atom. The number of amides is 1. The summed E-state index contributed by atoms with van der Waals surface area (Å²) >= 11 is 0. The number of nitrogens with one attached hydrogen (secondary N) is 1. The summed E-state index contributed by atoms with van der Waals surface area (Å²) in [6, 6.07) is 5.34. The molecule has 1 aromatic carbocycles. The van der Waals surface area contributed by atoms with Crippen LogP contribution in [0.2, 0.25) is 0 Å². The molecule has 0 spiro atoms. The molecule has 2 aliphatic heterocycles. The monoisotopic (exact) mass is 366 g/mol. The quantitative estimate of drug-likeness (QED) is 0.879. The van der Waals surface area contributed by atoms with Crippen molar-refractivity contribution < 1.29 is 17.9 Å². The minimum atomic E-state index is -3.30. The van der Waals surface area contributed by atoms with Crippen LogP contribution in [0.25, 0.3) is 0 Å². The summed E-state index contributed by atoms with van der Waals surface area (Å²) in [5.41, 5.74) is 1.72. The van der Waals surface area contributed by atoms with E-state index >= 15 is 0 Å². The Bertz CT molecular complexity index is 760. The molecule has 1 N–H and O–H groups in total. The minimum absolute atomic E-state index is 0.0446. The summed E-state index contributed by atoms with van der Waals surface area (Å²) in [5, 5.41) is 0. The maximum atomic E-state index is 12.9. The predicted octanol–water partition coefficient (Wildman–Crippen LogP) is 1.66. The molecule has 0 aromatic heterocycles. The van der Waals surface area contributed by atoms with Crippen LogP contribution >= 0.6 is 0 Å². The Kier molecular flexibility index (Phi) is 5.06. The zero-order valence-electron chi connectivity index (χ0n) is 15.0. The SMILES string of the molecule is CC(C)[C@@H]1CN(C(=O)c2ccc3c(c2)CCCO3)C[C@H]1NS(C)(=O)=O. The van der Waals surface area contributed by atoms with E-state index in [1.165, 1.54) is 6.26 Å². The number of carbonyl (C=O) groups excluding carboxylic acids is 1. The molecule has 2 aliphatic rings. The van der Waals surface area contributed by atoms with Gasteiger partial charge in [-0.1, -0.05) is 13.8 Å². The summed E-state index contributed by atoms with van der Waals surface area (Å²) in [6.45, 7) is 5.82. The topological polar surface area (TPSA) is 75.7 Å². The van der Waals surface area contributed by atoms with Crippen LogP contribution in [-0.2, 0) is 16.4 Å². The maximum absolute atomic E-state index is 12.9. The standard InChI is InChI=1S/C18H26N2O4S/c1-12(2)15-10-20(11-16(15)19-25(3,22)23)18(21)14-6-7-17-13(9-14)5-4-8-24-17/h6-7,9,12,15-16,19H,4-5,8,10-11H2,1-3H3/t15-,16+/m0/s1. The van der Waals surface area contributed by atoms with Crippen LogP contribution in [0.3, 0.4) is 0 Å². The zero-order valence-corrected chi connectivity index (χ0v) is 15.8. The molecule has 0 bridgehead atoms. The Morgan fingerprint density at radius 2 is 2.08 bits per heavy atom. The highest BCUT2D eigenvalue weighted by Crippen LogP contribution is 2.29. The third-order valence-corrected chi connectivity index (χ3v) is 5.76. The lowest BCUT2D eigenvalue weighted by Gasteiger charge is -2.21. The highest BCUT2D eigenvalue weighted by atomic mass is 32.2. The van der Waals surface area contributed by atoms with Gasteiger partial charge in [0.2, 0.25) is 10.0 Å². The molecule has 0 unspecified atom stereocenters. The van der Waals surface area contributed by atoms with Gasteiger partial charge in [-0.2, -0.15) is 0 Å². The van der Waals surface area contributed by atoms with Crippen molar-refractivity contribution in [2.75, 3.05) is 26.0 Å². The molecule has 0 aliphatic carbocycles. The number of aryl methyl sites for hydroxylation is 1. The van der Waals surface area contributed by atoms with E-state index < -0.39 is 10.0 Å². The van der Waals surface area contributed by atoms with Gasteiger partial charge in [0.05, 0.1) is 12.9 Å². The molecule has 3 rings (SSSR count). The van der Waals surface area contributed by atoms with E-state index in [1.807, 2.05) is 12.1 Å². The largest absolute Gasteiger partial charge is 0.493 e. The molecular formula is C18H26N2O4S. The van der Waals surface area contributed by atoms with Gasteiger partial charge in [-0.3, -0.25) is 4.79 Å². The summed E-state index contributed by atoms with van der Waals surface area (Å²) in [7, 11) is -3.30. The van der Waals surface area contributed by atoms with Gasteiger partial charge in [0.25, 0.3) is 5.91 Å². The second kappa shape index (κ2) is 6.96. The smallest absolute Gasteiger partial charge is 0.253 e. The molecule has 1 aromatic rings. The molecule has 2 heterocycles. The van der Waals surface area contributed by atoms with Crippen LogP contribution in [0.15, 0.2) is 18.2 Å². The fourth-order valence-electron chi connectivity index (χ4n) is 3.75. The lowest BCUT2D eigenvalue weighted by Crippen LogP contribution is -2.41. The lowest BCUT2D eigenvalue weighted by atomic mass is 9.92. The van der Waals surface area contributed by atoms with Crippen LogP contribution in [0.5, 0.6) is 5.75 Å². The number of hydrogen-bond donors (Lipinski definition) is 1. The first-order chi connectivity index (χ1) is 11.7. The molecule has 138 valence electrons. The molecule has 1 amide bonds. The Balaban J connectivity index is 1.78. The highest BCUT2D eigenvalue weighted by molar-refractivity contribution is 7.88. The van der Waals surface area contributed by atoms with E-state index in [4.69, 9.17) is 4.74 Å². The molecule has 0 radical (unpaired) electrons. The van der Waals surface area contributed by atoms with Crippen molar-refractivity contribution in [2.24, 2.45) is 11.8 Å². The van der Waals surface area contributed by atoms with Gasteiger partial charge in [0.1, 0.15) is 5.75 Å². The van der Waals surface area contributed by atoms with Gasteiger partial charge in [-0.05, 0) is 48.4 Å². The zero-order chi connectivity index (χ0) is 18.2. The normalized spacial score (nSPS) is 23.4. The number of rotatable bonds is 4. The first-order valence-electron chi connectivity index (χ1n) is 8.77. The van der Waals surface area contributed by atoms with Crippen molar-refractivity contribution in [3.63, 3.8) is 0 Å². The van der Waals surface area contributed by atoms with Crippen molar-refractivity contribution in [1.29, 1.82) is 0 Å². The number of carbonyl (C=O) groups is 1. The Morgan fingerprint density at radius 1 is 1.32 bits per heavy atom. The van der Waals surface area contributed by atoms with E-state index in [1.54, 1.807) is 11.0 Å². The van der Waals surface area contributed by atoms with Crippen molar-refractivity contribution >= 4 is 15.9 Å². The summed E-state index contributed by atoms with van der Waals surface area (Å²) in [4.78, 5) is 14.7. The van der Waals surface area contributed by atoms with E-state index in [2.05, 4.69) is 18.6 Å². The third-order valence-electron chi connectivity index (χ3n) is 5.03. The average Bonchev–Trinajstić information content (AvgIpc) is 2.95. The molecule has 1 saturated heterocycles. The summed E-state index contributed by atoms with van der Waals surface area (Å²) in [5.74, 6) is 1.21. The van der Waals surface area contributed by atoms with Crippen molar-refractivity contribution in [2.45, 2.75) is 32.7 Å². The highest BCUT2D eigenvalue weighted by Gasteiger charge is 2.38. The molecule has 0 saturated carbocycles. The van der Waals surface area contributed by atoms with Crippen molar-refractivity contribution in [1.82, 2.24) is 9.62 Å². The van der Waals surface area contributed by atoms with Crippen LogP contribution in [-0.4, -0.2) is 51.2 Å². The molecule has 1 fully saturated rings. The van der Waals surface area contributed by atoms with Crippen LogP contribution in [0.4, 0.5) is 0 Å². The minimum Gasteiger partial charge on any atom is -0.493 e. The summed E-state index contributed by atoms with van der Waals surface area (Å²) < 4.78 is 31.6. The van der Waals surface area contributed by atoms with E-state index in [9.17, 15) is 13.2 Å². The molecule has 7 heteroatoms. The van der Waals surface area contributed by atoms with Gasteiger partial charge in [0, 0.05) is 24.7 Å². The fraction of sp³-hybridized carbons (Fsp3) is 0.611. The molecule has 2 atom stereocenters. The van der Waals surface area contributed by atoms with Crippen LogP contribution < -0.4 is 9.46 Å². The fourth-order valence-corrected chi connectivity index (χ4v) is 4.55. The van der Waals surface area contributed by atoms with Gasteiger partial charge >= 0.3 is 0 Å². The summed E-state index contributed by atoms with van der Waals surface area (Å²) in [6.07, 6.45) is 3.05. The number of sulfonamides is 1. The average molecular weight is 366 g/mol. The van der Waals surface area contributed by atoms with E-state index in [-0.39, 0.29) is 23.8 Å². The van der Waals surface area contributed by atoms with E-state index in [0.717, 1.165) is 30.8 Å². The lowest BCUT2D eigenvalue weighted by molar-refractivity contribution is 0.0782. The second-order valence-electron chi connectivity index (χ2n) is 7.39.